The van der Waals surface area contributed by atoms with Gasteiger partial charge in [0.1, 0.15) is 11.4 Å². The van der Waals surface area contributed by atoms with Crippen LogP contribution in [0.4, 0.5) is 0 Å². The van der Waals surface area contributed by atoms with Crippen molar-refractivity contribution in [3.05, 3.63) is 27.4 Å². The van der Waals surface area contributed by atoms with Gasteiger partial charge in [0.15, 0.2) is 0 Å². The predicted octanol–water partition coefficient (Wildman–Crippen LogP) is 1.53. The van der Waals surface area contributed by atoms with Crippen LogP contribution in [0.3, 0.4) is 0 Å². The van der Waals surface area contributed by atoms with E-state index in [9.17, 15) is 9.59 Å². The van der Waals surface area contributed by atoms with E-state index < -0.39 is 0 Å². The standard InChI is InChI=1S/C15H26N4O2.ClH/c1-6-7-16-8-9-17-12(20)11-10(2)18-14(15(3,4)5)19-13(11)21;/h16H,6-9H2,1-5H3,(H,17,20)(H,18,19,21);1H. The molecular formula is C15H27ClN4O2. The monoisotopic (exact) mass is 330 g/mol. The number of carbonyl (C=O) groups is 1. The number of hydrogen-bond acceptors (Lipinski definition) is 4. The fraction of sp³-hybridized carbons (Fsp3) is 0.667. The number of hydrogen-bond donors (Lipinski definition) is 3. The van der Waals surface area contributed by atoms with E-state index in [0.717, 1.165) is 13.0 Å². The van der Waals surface area contributed by atoms with Gasteiger partial charge >= 0.3 is 0 Å². The highest BCUT2D eigenvalue weighted by molar-refractivity contribution is 5.94. The van der Waals surface area contributed by atoms with Crippen LogP contribution in [-0.4, -0.2) is 35.5 Å². The van der Waals surface area contributed by atoms with Crippen LogP contribution in [0.1, 0.15) is 56.0 Å². The summed E-state index contributed by atoms with van der Waals surface area (Å²) in [5.74, 6) is 0.214. The summed E-state index contributed by atoms with van der Waals surface area (Å²) in [4.78, 5) is 31.3. The number of nitrogens with zero attached hydrogens (tertiary/aromatic N) is 1. The van der Waals surface area contributed by atoms with Gasteiger partial charge in [-0.2, -0.15) is 0 Å². The first-order valence-corrected chi connectivity index (χ1v) is 7.37. The van der Waals surface area contributed by atoms with Crippen molar-refractivity contribution in [2.75, 3.05) is 19.6 Å². The molecule has 0 unspecified atom stereocenters. The molecule has 22 heavy (non-hydrogen) atoms. The molecule has 7 heteroatoms. The maximum atomic E-state index is 12.1. The van der Waals surface area contributed by atoms with Gasteiger partial charge in [0, 0.05) is 18.5 Å². The van der Waals surface area contributed by atoms with Gasteiger partial charge < -0.3 is 15.6 Å². The van der Waals surface area contributed by atoms with Crippen molar-refractivity contribution in [2.45, 2.75) is 46.5 Å². The molecule has 0 spiro atoms. The summed E-state index contributed by atoms with van der Waals surface area (Å²) >= 11 is 0. The van der Waals surface area contributed by atoms with Crippen LogP contribution in [0.15, 0.2) is 4.79 Å². The number of halogens is 1. The minimum Gasteiger partial charge on any atom is -0.351 e. The van der Waals surface area contributed by atoms with E-state index in [2.05, 4.69) is 27.5 Å². The van der Waals surface area contributed by atoms with Gasteiger partial charge in [0.2, 0.25) is 0 Å². The van der Waals surface area contributed by atoms with Crippen LogP contribution in [0.2, 0.25) is 0 Å². The normalized spacial score (nSPS) is 11.0. The van der Waals surface area contributed by atoms with Gasteiger partial charge in [-0.1, -0.05) is 27.7 Å². The third-order valence-corrected chi connectivity index (χ3v) is 3.05. The van der Waals surface area contributed by atoms with E-state index in [1.807, 2.05) is 20.8 Å². The van der Waals surface area contributed by atoms with Gasteiger partial charge in [-0.3, -0.25) is 9.59 Å². The number of rotatable bonds is 6. The summed E-state index contributed by atoms with van der Waals surface area (Å²) in [6, 6.07) is 0. The van der Waals surface area contributed by atoms with Crippen molar-refractivity contribution in [1.29, 1.82) is 0 Å². The number of carbonyl (C=O) groups excluding carboxylic acids is 1. The smallest absolute Gasteiger partial charge is 0.264 e. The number of H-pyrrole nitrogens is 1. The molecule has 1 aromatic heterocycles. The molecule has 1 amide bonds. The Morgan fingerprint density at radius 1 is 1.23 bits per heavy atom. The molecule has 3 N–H and O–H groups in total. The third-order valence-electron chi connectivity index (χ3n) is 3.05. The summed E-state index contributed by atoms with van der Waals surface area (Å²) in [7, 11) is 0. The predicted molar refractivity (Wildman–Crippen MR) is 91.0 cm³/mol. The van der Waals surface area contributed by atoms with Crippen LogP contribution < -0.4 is 16.2 Å². The molecule has 0 saturated carbocycles. The number of aromatic nitrogens is 2. The van der Waals surface area contributed by atoms with Gasteiger partial charge in [-0.05, 0) is 19.9 Å². The van der Waals surface area contributed by atoms with Crippen LogP contribution >= 0.6 is 12.4 Å². The second-order valence-electron chi connectivity index (χ2n) is 6.13. The Bertz CT molecular complexity index is 549. The highest BCUT2D eigenvalue weighted by Crippen LogP contribution is 2.17. The highest BCUT2D eigenvalue weighted by atomic mass is 35.5. The van der Waals surface area contributed by atoms with Crippen molar-refractivity contribution < 1.29 is 4.79 Å². The second-order valence-corrected chi connectivity index (χ2v) is 6.13. The summed E-state index contributed by atoms with van der Waals surface area (Å²) in [6.45, 7) is 11.7. The van der Waals surface area contributed by atoms with E-state index in [0.29, 0.717) is 24.6 Å². The fourth-order valence-electron chi connectivity index (χ4n) is 1.86. The lowest BCUT2D eigenvalue weighted by molar-refractivity contribution is 0.0951. The van der Waals surface area contributed by atoms with Crippen LogP contribution in [0, 0.1) is 6.92 Å². The fourth-order valence-corrected chi connectivity index (χ4v) is 1.86. The lowest BCUT2D eigenvalue weighted by Gasteiger charge is -2.18. The Morgan fingerprint density at radius 2 is 1.86 bits per heavy atom. The Hall–Kier alpha value is -1.40. The van der Waals surface area contributed by atoms with Crippen molar-refractivity contribution >= 4 is 18.3 Å². The minimum atomic E-state index is -0.383. The molecule has 0 aliphatic heterocycles. The second kappa shape index (κ2) is 8.90. The quantitative estimate of drug-likeness (QED) is 0.690. The van der Waals surface area contributed by atoms with E-state index in [1.165, 1.54) is 0 Å². The van der Waals surface area contributed by atoms with Crippen molar-refractivity contribution in [3.63, 3.8) is 0 Å². The molecule has 1 heterocycles. The average molecular weight is 331 g/mol. The van der Waals surface area contributed by atoms with Crippen LogP contribution in [-0.2, 0) is 5.41 Å². The number of nitrogens with one attached hydrogen (secondary N) is 3. The molecule has 0 aliphatic rings. The van der Waals surface area contributed by atoms with Gasteiger partial charge in [-0.15, -0.1) is 12.4 Å². The number of amides is 1. The van der Waals surface area contributed by atoms with Crippen molar-refractivity contribution in [1.82, 2.24) is 20.6 Å². The summed E-state index contributed by atoms with van der Waals surface area (Å²) in [5.41, 5.74) is -0.0872. The zero-order chi connectivity index (χ0) is 16.0. The topological polar surface area (TPSA) is 86.9 Å². The molecule has 0 bridgehead atoms. The Balaban J connectivity index is 0.00000441. The van der Waals surface area contributed by atoms with E-state index >= 15 is 0 Å². The Kier molecular flexibility index (Phi) is 8.34. The van der Waals surface area contributed by atoms with E-state index in [4.69, 9.17) is 0 Å². The largest absolute Gasteiger partial charge is 0.351 e. The van der Waals surface area contributed by atoms with Crippen molar-refractivity contribution in [3.8, 4) is 0 Å². The first kappa shape index (κ1) is 20.6. The Labute approximate surface area is 137 Å². The van der Waals surface area contributed by atoms with Gasteiger partial charge in [-0.25, -0.2) is 4.98 Å². The van der Waals surface area contributed by atoms with Gasteiger partial charge in [0.05, 0.1) is 5.69 Å². The lowest BCUT2D eigenvalue weighted by atomic mass is 9.95. The molecule has 0 saturated heterocycles. The van der Waals surface area contributed by atoms with Crippen molar-refractivity contribution in [2.24, 2.45) is 0 Å². The summed E-state index contributed by atoms with van der Waals surface area (Å²) in [5, 5.41) is 5.92. The van der Waals surface area contributed by atoms with E-state index in [-0.39, 0.29) is 34.9 Å². The molecule has 126 valence electrons. The molecule has 1 rings (SSSR count). The van der Waals surface area contributed by atoms with Gasteiger partial charge in [0.25, 0.3) is 11.5 Å². The van der Waals surface area contributed by atoms with Crippen LogP contribution in [0.25, 0.3) is 0 Å². The molecule has 0 atom stereocenters. The first-order chi connectivity index (χ1) is 9.77. The molecule has 6 nitrogen and oxygen atoms in total. The number of aryl methyl sites for hydroxylation is 1. The molecule has 0 fully saturated rings. The molecule has 1 aromatic rings. The highest BCUT2D eigenvalue weighted by Gasteiger charge is 2.21. The Morgan fingerprint density at radius 3 is 2.36 bits per heavy atom. The number of aromatic amines is 1. The zero-order valence-electron chi connectivity index (χ0n) is 14.0. The molecule has 0 radical (unpaired) electrons. The average Bonchev–Trinajstić information content (AvgIpc) is 2.36. The molecular weight excluding hydrogens is 304 g/mol. The minimum absolute atomic E-state index is 0. The third kappa shape index (κ3) is 5.77. The summed E-state index contributed by atoms with van der Waals surface area (Å²) < 4.78 is 0. The molecule has 0 aliphatic carbocycles. The first-order valence-electron chi connectivity index (χ1n) is 7.37. The maximum absolute atomic E-state index is 12.1. The van der Waals surface area contributed by atoms with E-state index in [1.54, 1.807) is 6.92 Å². The SMILES string of the molecule is CCCNCCNC(=O)c1c(C)nc(C(C)(C)C)[nH]c1=O.Cl. The zero-order valence-corrected chi connectivity index (χ0v) is 14.8. The maximum Gasteiger partial charge on any atom is 0.264 e. The molecule has 0 aromatic carbocycles. The van der Waals surface area contributed by atoms with Crippen LogP contribution in [0.5, 0.6) is 0 Å². The lowest BCUT2D eigenvalue weighted by Crippen LogP contribution is -2.37. The summed E-state index contributed by atoms with van der Waals surface area (Å²) in [6.07, 6.45) is 1.05.